The number of azo groups is 2. The Morgan fingerprint density at radius 2 is 0.828 bits per heavy atom. The van der Waals surface area contributed by atoms with E-state index < -0.39 is 47.3 Å². The number of carbonyl (C=O) groups is 6. The van der Waals surface area contributed by atoms with E-state index in [-0.39, 0.29) is 64.0 Å². The number of amides is 4. The van der Waals surface area contributed by atoms with Gasteiger partial charge in [-0.25, -0.2) is 0 Å². The van der Waals surface area contributed by atoms with Gasteiger partial charge in [0.2, 0.25) is 12.1 Å². The van der Waals surface area contributed by atoms with E-state index in [2.05, 4.69) is 41.7 Å². The quantitative estimate of drug-likeness (QED) is 0.0560. The van der Waals surface area contributed by atoms with Crippen molar-refractivity contribution < 1.29 is 28.8 Å². The third-order valence-electron chi connectivity index (χ3n) is 9.28. The van der Waals surface area contributed by atoms with Crippen LogP contribution in [0, 0.1) is 0 Å². The van der Waals surface area contributed by atoms with Gasteiger partial charge in [0.1, 0.15) is 11.4 Å². The smallest absolute Gasteiger partial charge is 0.258 e. The van der Waals surface area contributed by atoms with Crippen LogP contribution < -0.4 is 21.3 Å². The molecule has 20 heteroatoms. The maximum Gasteiger partial charge on any atom is 0.258 e. The summed E-state index contributed by atoms with van der Waals surface area (Å²) in [4.78, 5) is 78.9. The molecule has 5 aromatic carbocycles. The van der Waals surface area contributed by atoms with E-state index in [0.717, 1.165) is 0 Å². The molecule has 4 N–H and O–H groups in total. The molecule has 14 nitrogen and oxygen atoms in total. The molecule has 0 bridgehead atoms. The van der Waals surface area contributed by atoms with Crippen molar-refractivity contribution in [3.63, 3.8) is 0 Å². The Bertz CT molecular complexity index is 2520. The predicted octanol–water partition coefficient (Wildman–Crippen LogP) is 12.6. The second kappa shape index (κ2) is 22.2. The van der Waals surface area contributed by atoms with Gasteiger partial charge in [0, 0.05) is 11.4 Å². The highest BCUT2D eigenvalue weighted by atomic mass is 35.5. The Balaban J connectivity index is 1.32. The minimum atomic E-state index is -1.62. The number of ketones is 2. The normalized spacial score (nSPS) is 12.2. The standard InChI is InChI=1S/C44H36Cl6N8O6/c1-5-23-19-34(52-44(64)38(22(4)60)58-56-32-18-8-12-26(36(32)50)42(62)54-40-29(47)15-10-16-30(40)48)24(6-2)20-33(23)51-43(63)37(21(3)59)57-55-31-17-7-11-25(35(31)49)41(61)53-39-27(45)13-9-14-28(39)46/h7-20,37-38H,5-6H2,1-4H3,(H,51,63)(H,52,64)(H,53,61)(H,54,62). The molecule has 64 heavy (non-hydrogen) atoms. The van der Waals surface area contributed by atoms with Crippen molar-refractivity contribution in [1.29, 1.82) is 0 Å². The zero-order valence-corrected chi connectivity index (χ0v) is 38.7. The Labute approximate surface area is 397 Å². The van der Waals surface area contributed by atoms with Gasteiger partial charge < -0.3 is 21.3 Å². The van der Waals surface area contributed by atoms with Gasteiger partial charge in [0.25, 0.3) is 23.6 Å². The molecule has 330 valence electrons. The van der Waals surface area contributed by atoms with Crippen LogP contribution in [0.2, 0.25) is 30.1 Å². The summed E-state index contributed by atoms with van der Waals surface area (Å²) in [7, 11) is 0. The van der Waals surface area contributed by atoms with Crippen LogP contribution in [0.4, 0.5) is 34.1 Å². The van der Waals surface area contributed by atoms with Crippen molar-refractivity contribution in [2.45, 2.75) is 52.6 Å². The van der Waals surface area contributed by atoms with Crippen molar-refractivity contribution >= 4 is 139 Å². The number of anilines is 4. The number of aryl methyl sites for hydroxylation is 2. The molecule has 0 saturated heterocycles. The lowest BCUT2D eigenvalue weighted by Crippen LogP contribution is -2.33. The summed E-state index contributed by atoms with van der Waals surface area (Å²) >= 11 is 37.8. The highest BCUT2D eigenvalue weighted by Crippen LogP contribution is 2.36. The Hall–Kier alpha value is -5.74. The molecule has 2 atom stereocenters. The van der Waals surface area contributed by atoms with Crippen LogP contribution >= 0.6 is 69.6 Å². The summed E-state index contributed by atoms with van der Waals surface area (Å²) in [5.41, 5.74) is 2.14. The van der Waals surface area contributed by atoms with E-state index in [1.54, 1.807) is 48.5 Å². The molecule has 0 saturated carbocycles. The number of hydrogen-bond acceptors (Lipinski definition) is 10. The van der Waals surface area contributed by atoms with Crippen molar-refractivity contribution in [2.75, 3.05) is 21.3 Å². The molecule has 0 radical (unpaired) electrons. The van der Waals surface area contributed by atoms with Gasteiger partial charge in [-0.05, 0) is 98.5 Å². The number of Topliss-reactive ketones (excluding diaryl/α,β-unsaturated/α-hetero) is 2. The highest BCUT2D eigenvalue weighted by Gasteiger charge is 2.27. The highest BCUT2D eigenvalue weighted by molar-refractivity contribution is 6.42. The number of rotatable bonds is 16. The van der Waals surface area contributed by atoms with E-state index in [4.69, 9.17) is 69.6 Å². The lowest BCUT2D eigenvalue weighted by Gasteiger charge is -2.18. The fourth-order valence-corrected chi connectivity index (χ4v) is 7.41. The molecular formula is C44H36Cl6N8O6. The van der Waals surface area contributed by atoms with Gasteiger partial charge in [-0.3, -0.25) is 28.8 Å². The molecule has 0 heterocycles. The van der Waals surface area contributed by atoms with Crippen molar-refractivity contribution in [1.82, 2.24) is 0 Å². The van der Waals surface area contributed by atoms with Crippen LogP contribution in [0.25, 0.3) is 0 Å². The molecule has 0 spiro atoms. The third-order valence-corrected chi connectivity index (χ3v) is 11.3. The molecular weight excluding hydrogens is 949 g/mol. The van der Waals surface area contributed by atoms with Gasteiger partial charge in [-0.1, -0.05) is 108 Å². The molecule has 0 aliphatic carbocycles. The minimum Gasteiger partial charge on any atom is -0.323 e. The van der Waals surface area contributed by atoms with E-state index in [9.17, 15) is 28.8 Å². The second-order valence-electron chi connectivity index (χ2n) is 13.7. The fraction of sp³-hybridized carbons (Fsp3) is 0.182. The molecule has 2 unspecified atom stereocenters. The van der Waals surface area contributed by atoms with Crippen LogP contribution in [0.3, 0.4) is 0 Å². The summed E-state index contributed by atoms with van der Waals surface area (Å²) in [6.07, 6.45) is 0.721. The first kappa shape index (κ1) is 49.3. The number of nitrogens with zero attached hydrogens (tertiary/aromatic N) is 4. The van der Waals surface area contributed by atoms with Crippen LogP contribution in [0.15, 0.2) is 105 Å². The summed E-state index contributed by atoms with van der Waals surface area (Å²) in [5, 5.41) is 27.4. The number of nitrogens with one attached hydrogen (secondary N) is 4. The molecule has 0 aliphatic rings. The maximum absolute atomic E-state index is 13.6. The van der Waals surface area contributed by atoms with Crippen LogP contribution in [0.1, 0.15) is 59.5 Å². The van der Waals surface area contributed by atoms with Gasteiger partial charge in [0.05, 0.1) is 52.6 Å². The maximum atomic E-state index is 13.6. The predicted molar refractivity (Wildman–Crippen MR) is 252 cm³/mol. The summed E-state index contributed by atoms with van der Waals surface area (Å²) in [6, 6.07) is 18.2. The first-order valence-corrected chi connectivity index (χ1v) is 21.4. The van der Waals surface area contributed by atoms with Gasteiger partial charge >= 0.3 is 0 Å². The first-order valence-electron chi connectivity index (χ1n) is 19.1. The Morgan fingerprint density at radius 3 is 1.14 bits per heavy atom. The second-order valence-corrected chi connectivity index (χ2v) is 16.1. The number of benzene rings is 5. The molecule has 5 rings (SSSR count). The largest absolute Gasteiger partial charge is 0.323 e. The molecule has 0 aromatic heterocycles. The fourth-order valence-electron chi connectivity index (χ4n) is 5.93. The van der Waals surface area contributed by atoms with E-state index in [0.29, 0.717) is 35.3 Å². The van der Waals surface area contributed by atoms with E-state index in [1.807, 2.05) is 13.8 Å². The van der Waals surface area contributed by atoms with Gasteiger partial charge in [-0.2, -0.15) is 20.5 Å². The number of hydrogen-bond donors (Lipinski definition) is 4. The lowest BCUT2D eigenvalue weighted by atomic mass is 10.0. The number of carbonyl (C=O) groups excluding carboxylic acids is 6. The van der Waals surface area contributed by atoms with Crippen molar-refractivity contribution in [3.8, 4) is 0 Å². The van der Waals surface area contributed by atoms with E-state index >= 15 is 0 Å². The average Bonchev–Trinajstić information content (AvgIpc) is 3.24. The zero-order valence-electron chi connectivity index (χ0n) is 34.2. The number of halogens is 6. The third kappa shape index (κ3) is 11.9. The Morgan fingerprint density at radius 1 is 0.500 bits per heavy atom. The van der Waals surface area contributed by atoms with E-state index in [1.165, 1.54) is 50.2 Å². The van der Waals surface area contributed by atoms with Crippen molar-refractivity contribution in [3.05, 3.63) is 137 Å². The minimum absolute atomic E-state index is 0.0000757. The topological polar surface area (TPSA) is 200 Å². The molecule has 0 fully saturated rings. The number of para-hydroxylation sites is 2. The van der Waals surface area contributed by atoms with Crippen LogP contribution in [-0.2, 0) is 32.0 Å². The molecule has 5 aromatic rings. The van der Waals surface area contributed by atoms with Crippen LogP contribution in [-0.4, -0.2) is 47.3 Å². The summed E-state index contributed by atoms with van der Waals surface area (Å²) in [5.74, 6) is -4.19. The molecule has 4 amide bonds. The molecule has 0 aliphatic heterocycles. The zero-order chi connectivity index (χ0) is 46.8. The SMILES string of the molecule is CCc1cc(NC(=O)C(N=Nc2cccc(C(=O)Nc3c(Cl)cccc3Cl)c2Cl)C(C)=O)c(CC)cc1NC(=O)C(N=Nc1cccc(C(=O)Nc2c(Cl)cccc2Cl)c1Cl)C(C)=O. The summed E-state index contributed by atoms with van der Waals surface area (Å²) in [6.45, 7) is 5.95. The Kier molecular flexibility index (Phi) is 17.1. The first-order chi connectivity index (χ1) is 30.4. The lowest BCUT2D eigenvalue weighted by molar-refractivity contribution is -0.127. The van der Waals surface area contributed by atoms with Crippen molar-refractivity contribution in [2.24, 2.45) is 20.5 Å². The van der Waals surface area contributed by atoms with Gasteiger partial charge in [0.15, 0.2) is 11.6 Å². The monoisotopic (exact) mass is 982 g/mol. The average molecular weight is 986 g/mol. The van der Waals surface area contributed by atoms with Gasteiger partial charge in [-0.15, -0.1) is 0 Å². The van der Waals surface area contributed by atoms with Crippen LogP contribution in [0.5, 0.6) is 0 Å². The summed E-state index contributed by atoms with van der Waals surface area (Å²) < 4.78 is 0.